The molecule has 0 radical (unpaired) electrons. The molecule has 0 spiro atoms. The lowest BCUT2D eigenvalue weighted by Gasteiger charge is -2.16. The van der Waals surface area contributed by atoms with Gasteiger partial charge in [-0.05, 0) is 41.8 Å². The van der Waals surface area contributed by atoms with Gasteiger partial charge in [0.1, 0.15) is 17.4 Å². The van der Waals surface area contributed by atoms with Crippen LogP contribution in [0.25, 0.3) is 22.3 Å². The van der Waals surface area contributed by atoms with Crippen molar-refractivity contribution in [2.24, 2.45) is 0 Å². The van der Waals surface area contributed by atoms with Gasteiger partial charge in [0.25, 0.3) is 0 Å². The summed E-state index contributed by atoms with van der Waals surface area (Å²) in [5.41, 5.74) is 3.27. The van der Waals surface area contributed by atoms with E-state index >= 15 is 4.39 Å². The summed E-state index contributed by atoms with van der Waals surface area (Å²) in [5, 5.41) is 2.77. The molecule has 5 aromatic rings. The molecule has 0 aliphatic rings. The number of aromatic amines is 2. The van der Waals surface area contributed by atoms with Crippen molar-refractivity contribution in [3.63, 3.8) is 0 Å². The van der Waals surface area contributed by atoms with Crippen molar-refractivity contribution in [1.29, 1.82) is 0 Å². The molecule has 5 rings (SSSR count). The Bertz CT molecular complexity index is 1750. The van der Waals surface area contributed by atoms with Crippen molar-refractivity contribution in [2.45, 2.75) is 32.0 Å². The summed E-state index contributed by atoms with van der Waals surface area (Å²) in [6.07, 6.45) is -0.0673. The summed E-state index contributed by atoms with van der Waals surface area (Å²) >= 11 is 0. The zero-order valence-corrected chi connectivity index (χ0v) is 22.9. The molecule has 2 heterocycles. The van der Waals surface area contributed by atoms with E-state index in [1.807, 2.05) is 24.3 Å². The average molecular weight is 599 g/mol. The van der Waals surface area contributed by atoms with E-state index in [4.69, 9.17) is 9.47 Å². The molecule has 3 N–H and O–H groups in total. The maximum atomic E-state index is 15.1. The van der Waals surface area contributed by atoms with Gasteiger partial charge in [-0.2, -0.15) is 13.2 Å². The number of alkyl halides is 3. The first-order valence-electron chi connectivity index (χ1n) is 13.3. The van der Waals surface area contributed by atoms with Crippen molar-refractivity contribution in [3.8, 4) is 22.9 Å². The summed E-state index contributed by atoms with van der Waals surface area (Å²) in [4.78, 5) is 21.7. The quantitative estimate of drug-likeness (QED) is 0.113. The molecule has 0 bridgehead atoms. The van der Waals surface area contributed by atoms with E-state index in [-0.39, 0.29) is 47.4 Å². The zero-order valence-electron chi connectivity index (χ0n) is 22.9. The monoisotopic (exact) mass is 598 g/mol. The van der Waals surface area contributed by atoms with Crippen LogP contribution in [-0.2, 0) is 28.9 Å². The largest absolute Gasteiger partial charge is 0.469 e. The van der Waals surface area contributed by atoms with Gasteiger partial charge in [-0.25, -0.2) is 13.8 Å². The van der Waals surface area contributed by atoms with Gasteiger partial charge in [-0.3, -0.25) is 4.79 Å². The number of ether oxygens (including phenoxy) is 2. The van der Waals surface area contributed by atoms with Crippen LogP contribution in [-0.4, -0.2) is 40.8 Å². The Morgan fingerprint density at radius 1 is 1.02 bits per heavy atom. The molecule has 2 aromatic heterocycles. The van der Waals surface area contributed by atoms with Gasteiger partial charge in [0.05, 0.1) is 19.2 Å². The molecule has 0 aliphatic carbocycles. The van der Waals surface area contributed by atoms with Crippen molar-refractivity contribution < 1.29 is 36.2 Å². The number of methoxy groups -OCH3 is 1. The van der Waals surface area contributed by atoms with Gasteiger partial charge in [-0.15, -0.1) is 0 Å². The molecule has 43 heavy (non-hydrogen) atoms. The molecule has 0 saturated heterocycles. The van der Waals surface area contributed by atoms with Crippen LogP contribution >= 0.6 is 0 Å². The predicted octanol–water partition coefficient (Wildman–Crippen LogP) is 6.98. The zero-order chi connectivity index (χ0) is 30.6. The second-order valence-corrected chi connectivity index (χ2v) is 9.90. The van der Waals surface area contributed by atoms with Crippen LogP contribution in [0.5, 0.6) is 11.5 Å². The van der Waals surface area contributed by atoms with E-state index in [0.29, 0.717) is 29.4 Å². The van der Waals surface area contributed by atoms with E-state index in [1.165, 1.54) is 25.3 Å². The molecule has 0 unspecified atom stereocenters. The number of H-pyrrole nitrogens is 2. The first-order chi connectivity index (χ1) is 20.6. The molecule has 7 nitrogen and oxygen atoms in total. The fourth-order valence-electron chi connectivity index (χ4n) is 4.76. The molecule has 224 valence electrons. The minimum atomic E-state index is -4.45. The van der Waals surface area contributed by atoms with Gasteiger partial charge >= 0.3 is 12.1 Å². The molecule has 0 atom stereocenters. The topological polar surface area (TPSA) is 92.0 Å². The highest BCUT2D eigenvalue weighted by atomic mass is 19.4. The average Bonchev–Trinajstić information content (AvgIpc) is 3.63. The van der Waals surface area contributed by atoms with E-state index in [2.05, 4.69) is 20.3 Å². The number of nitrogens with one attached hydrogen (secondary N) is 3. The Morgan fingerprint density at radius 3 is 2.63 bits per heavy atom. The first-order valence-corrected chi connectivity index (χ1v) is 13.3. The van der Waals surface area contributed by atoms with Crippen molar-refractivity contribution in [1.82, 2.24) is 20.3 Å². The lowest BCUT2D eigenvalue weighted by Crippen LogP contribution is -2.28. The van der Waals surface area contributed by atoms with Crippen LogP contribution in [0.1, 0.15) is 28.8 Å². The third-order valence-electron chi connectivity index (χ3n) is 6.77. The Hall–Kier alpha value is -4.71. The Labute approximate surface area is 243 Å². The number of imidazole rings is 1. The smallest absolute Gasteiger partial charge is 0.401 e. The molecule has 0 fully saturated rings. The number of fused-ring (bicyclic) bond motifs is 1. The summed E-state index contributed by atoms with van der Waals surface area (Å²) < 4.78 is 78.9. The number of carbonyl (C=O) groups excluding carboxylic acids is 1. The molecular weight excluding hydrogens is 571 g/mol. The SMILES string of the molecule is COC(=O)CCc1cccc(Cc2cnc(-c3cc(Oc4c(F)cc5[nH]ccc5c4CNCC(F)(F)F)ccc3F)[nH]2)c1. The molecule has 0 amide bonds. The summed E-state index contributed by atoms with van der Waals surface area (Å²) in [7, 11) is 1.34. The highest BCUT2D eigenvalue weighted by Gasteiger charge is 2.27. The van der Waals surface area contributed by atoms with E-state index < -0.39 is 24.4 Å². The van der Waals surface area contributed by atoms with Crippen LogP contribution in [0.3, 0.4) is 0 Å². The van der Waals surface area contributed by atoms with Crippen LogP contribution in [0.15, 0.2) is 67.0 Å². The molecular formula is C31H27F5N4O3. The highest BCUT2D eigenvalue weighted by Crippen LogP contribution is 2.36. The predicted molar refractivity (Wildman–Crippen MR) is 150 cm³/mol. The van der Waals surface area contributed by atoms with Gasteiger partial charge in [-0.1, -0.05) is 24.3 Å². The fourth-order valence-corrected chi connectivity index (χ4v) is 4.76. The number of aromatic nitrogens is 3. The van der Waals surface area contributed by atoms with Crippen molar-refractivity contribution >= 4 is 16.9 Å². The standard InChI is InChI=1S/C31H27F5N4O3/c1-42-28(41)8-5-18-3-2-4-19(11-18)12-20-15-39-30(40-20)23-13-21(6-7-25(23)32)43-29-24(16-37-17-31(34,35)36)22-9-10-38-27(22)14-26(29)33/h2-4,6-7,9-11,13-15,37-38H,5,8,12,16-17H2,1H3,(H,39,40). The van der Waals surface area contributed by atoms with Crippen LogP contribution in [0, 0.1) is 11.6 Å². The number of carbonyl (C=O) groups is 1. The van der Waals surface area contributed by atoms with Crippen LogP contribution < -0.4 is 10.1 Å². The lowest BCUT2D eigenvalue weighted by molar-refractivity contribution is -0.140. The summed E-state index contributed by atoms with van der Waals surface area (Å²) in [6.45, 7) is -1.59. The molecule has 0 aliphatic heterocycles. The number of esters is 1. The number of hydrogen-bond donors (Lipinski definition) is 3. The minimum absolute atomic E-state index is 0.0652. The third kappa shape index (κ3) is 7.39. The number of benzene rings is 3. The highest BCUT2D eigenvalue weighted by molar-refractivity contribution is 5.85. The Kier molecular flexibility index (Phi) is 8.76. The van der Waals surface area contributed by atoms with E-state index in [9.17, 15) is 22.4 Å². The second-order valence-electron chi connectivity index (χ2n) is 9.90. The van der Waals surface area contributed by atoms with Gasteiger partial charge in [0.2, 0.25) is 0 Å². The first kappa shape index (κ1) is 29.8. The fraction of sp³-hybridized carbons (Fsp3) is 0.226. The molecule has 0 saturated carbocycles. The van der Waals surface area contributed by atoms with Gasteiger partial charge in [0, 0.05) is 60.0 Å². The van der Waals surface area contributed by atoms with Gasteiger partial charge < -0.3 is 24.8 Å². The minimum Gasteiger partial charge on any atom is -0.469 e. The number of rotatable bonds is 11. The van der Waals surface area contributed by atoms with Gasteiger partial charge in [0.15, 0.2) is 11.6 Å². The number of halogens is 5. The van der Waals surface area contributed by atoms with Crippen LogP contribution in [0.2, 0.25) is 0 Å². The number of aryl methyl sites for hydroxylation is 1. The Morgan fingerprint density at radius 2 is 1.84 bits per heavy atom. The summed E-state index contributed by atoms with van der Waals surface area (Å²) in [6, 6.07) is 14.3. The second kappa shape index (κ2) is 12.7. The van der Waals surface area contributed by atoms with Crippen molar-refractivity contribution in [2.75, 3.05) is 13.7 Å². The number of hydrogen-bond acceptors (Lipinski definition) is 5. The molecule has 12 heteroatoms. The maximum Gasteiger partial charge on any atom is 0.401 e. The normalized spacial score (nSPS) is 11.7. The lowest BCUT2D eigenvalue weighted by atomic mass is 10.0. The third-order valence-corrected chi connectivity index (χ3v) is 6.77. The summed E-state index contributed by atoms with van der Waals surface area (Å²) in [5.74, 6) is -1.68. The maximum absolute atomic E-state index is 15.1. The van der Waals surface area contributed by atoms with Crippen LogP contribution in [0.4, 0.5) is 22.0 Å². The van der Waals surface area contributed by atoms with Crippen molar-refractivity contribution in [3.05, 3.63) is 101 Å². The molecule has 3 aromatic carbocycles. The number of nitrogens with zero attached hydrogens (tertiary/aromatic N) is 1. The Balaban J connectivity index is 1.36. The van der Waals surface area contributed by atoms with E-state index in [1.54, 1.807) is 18.5 Å². The van der Waals surface area contributed by atoms with E-state index in [0.717, 1.165) is 17.2 Å².